The summed E-state index contributed by atoms with van der Waals surface area (Å²) in [4.78, 5) is 15.1. The van der Waals surface area contributed by atoms with Gasteiger partial charge < -0.3 is 5.32 Å². The van der Waals surface area contributed by atoms with Gasteiger partial charge in [0.1, 0.15) is 5.69 Å². The van der Waals surface area contributed by atoms with Crippen LogP contribution in [0.3, 0.4) is 0 Å². The van der Waals surface area contributed by atoms with Gasteiger partial charge in [-0.1, -0.05) is 18.5 Å². The lowest BCUT2D eigenvalue weighted by Gasteiger charge is -2.39. The van der Waals surface area contributed by atoms with Gasteiger partial charge in [0.05, 0.1) is 16.8 Å². The third-order valence-electron chi connectivity index (χ3n) is 3.91. The third-order valence-corrected chi connectivity index (χ3v) is 4.19. The highest BCUT2D eigenvalue weighted by molar-refractivity contribution is 6.34. The monoisotopic (exact) mass is 298 g/mol. The first-order valence-corrected chi connectivity index (χ1v) is 7.58. The summed E-state index contributed by atoms with van der Waals surface area (Å²) in [7, 11) is 0. The first kappa shape index (κ1) is 15.5. The molecule has 1 aliphatic rings. The Morgan fingerprint density at radius 1 is 1.45 bits per heavy atom. The van der Waals surface area contributed by atoms with Crippen LogP contribution in [0.1, 0.15) is 37.7 Å². The van der Waals surface area contributed by atoms with Crippen LogP contribution in [0.5, 0.6) is 0 Å². The van der Waals surface area contributed by atoms with Crippen molar-refractivity contribution in [3.05, 3.63) is 16.9 Å². The molecule has 0 atom stereocenters. The molecule has 20 heavy (non-hydrogen) atoms. The summed E-state index contributed by atoms with van der Waals surface area (Å²) in [6.45, 7) is 10.3. The summed E-state index contributed by atoms with van der Waals surface area (Å²) in [6.07, 6.45) is 2.49. The van der Waals surface area contributed by atoms with Gasteiger partial charge in [-0.2, -0.15) is 5.10 Å². The molecule has 5 nitrogen and oxygen atoms in total. The Hall–Kier alpha value is -0.910. The van der Waals surface area contributed by atoms with Gasteiger partial charge in [0.25, 0.3) is 0 Å². The van der Waals surface area contributed by atoms with Crippen LogP contribution >= 0.6 is 11.6 Å². The van der Waals surface area contributed by atoms with Crippen molar-refractivity contribution >= 4 is 17.4 Å². The van der Waals surface area contributed by atoms with Gasteiger partial charge in [-0.3, -0.25) is 14.4 Å². The zero-order valence-corrected chi connectivity index (χ0v) is 13.2. The minimum atomic E-state index is -0.558. The maximum Gasteiger partial charge on any atom is 0.201 e. The topological polar surface area (TPSA) is 50.2 Å². The van der Waals surface area contributed by atoms with Crippen molar-refractivity contribution in [2.75, 3.05) is 26.2 Å². The van der Waals surface area contributed by atoms with Crippen molar-refractivity contribution in [2.45, 2.75) is 39.3 Å². The van der Waals surface area contributed by atoms with E-state index in [2.05, 4.69) is 22.2 Å². The van der Waals surface area contributed by atoms with Gasteiger partial charge in [-0.15, -0.1) is 0 Å². The third kappa shape index (κ3) is 2.90. The highest BCUT2D eigenvalue weighted by Gasteiger charge is 2.38. The van der Waals surface area contributed by atoms with Crippen molar-refractivity contribution in [1.29, 1.82) is 0 Å². The normalized spacial score (nSPS) is 17.4. The molecule has 2 heterocycles. The van der Waals surface area contributed by atoms with Crippen molar-refractivity contribution < 1.29 is 4.79 Å². The second kappa shape index (κ2) is 6.24. The molecule has 1 aromatic heterocycles. The molecule has 1 fully saturated rings. The SMILES string of the molecule is CCCn1ncc(Cl)c1C(=O)C(C)(C)N1CCNCC1. The van der Waals surface area contributed by atoms with E-state index >= 15 is 0 Å². The van der Waals surface area contributed by atoms with E-state index in [1.54, 1.807) is 10.9 Å². The number of halogens is 1. The van der Waals surface area contributed by atoms with E-state index in [1.807, 2.05) is 13.8 Å². The number of aromatic nitrogens is 2. The lowest BCUT2D eigenvalue weighted by Crippen LogP contribution is -2.57. The number of carbonyl (C=O) groups excluding carboxylic acids is 1. The molecular weight excluding hydrogens is 276 g/mol. The summed E-state index contributed by atoms with van der Waals surface area (Å²) < 4.78 is 1.73. The number of aryl methyl sites for hydroxylation is 1. The minimum absolute atomic E-state index is 0.0513. The predicted octanol–water partition coefficient (Wildman–Crippen LogP) is 1.81. The number of hydrogen-bond acceptors (Lipinski definition) is 4. The minimum Gasteiger partial charge on any atom is -0.314 e. The van der Waals surface area contributed by atoms with Gasteiger partial charge >= 0.3 is 0 Å². The fourth-order valence-corrected chi connectivity index (χ4v) is 2.85. The van der Waals surface area contributed by atoms with Crippen molar-refractivity contribution in [3.63, 3.8) is 0 Å². The second-order valence-corrected chi connectivity index (χ2v) is 6.10. The molecule has 0 saturated carbocycles. The smallest absolute Gasteiger partial charge is 0.201 e. The summed E-state index contributed by atoms with van der Waals surface area (Å²) in [6, 6.07) is 0. The molecule has 0 aromatic carbocycles. The number of carbonyl (C=O) groups is 1. The van der Waals surface area contributed by atoms with Gasteiger partial charge in [-0.25, -0.2) is 0 Å². The van der Waals surface area contributed by atoms with Crippen molar-refractivity contribution in [1.82, 2.24) is 20.0 Å². The molecule has 0 aliphatic carbocycles. The zero-order chi connectivity index (χ0) is 14.8. The van der Waals surface area contributed by atoms with E-state index in [4.69, 9.17) is 11.6 Å². The van der Waals surface area contributed by atoms with E-state index in [0.29, 0.717) is 17.3 Å². The fraction of sp³-hybridized carbons (Fsp3) is 0.714. The molecule has 1 aliphatic heterocycles. The van der Waals surface area contributed by atoms with Crippen LogP contribution in [0.4, 0.5) is 0 Å². The zero-order valence-electron chi connectivity index (χ0n) is 12.4. The van der Waals surface area contributed by atoms with Crippen LogP contribution in [-0.2, 0) is 6.54 Å². The Balaban J connectivity index is 2.27. The molecule has 0 amide bonds. The quantitative estimate of drug-likeness (QED) is 0.843. The second-order valence-electron chi connectivity index (χ2n) is 5.69. The van der Waals surface area contributed by atoms with E-state index in [-0.39, 0.29) is 5.78 Å². The molecular formula is C14H23ClN4O. The maximum atomic E-state index is 12.9. The Labute approximate surface area is 125 Å². The summed E-state index contributed by atoms with van der Waals surface area (Å²) in [5.41, 5.74) is -0.0193. The van der Waals surface area contributed by atoms with Crippen LogP contribution in [0.25, 0.3) is 0 Å². The largest absolute Gasteiger partial charge is 0.314 e. The lowest BCUT2D eigenvalue weighted by molar-refractivity contribution is 0.0591. The average molecular weight is 299 g/mol. The van der Waals surface area contributed by atoms with Crippen molar-refractivity contribution in [2.24, 2.45) is 0 Å². The molecule has 112 valence electrons. The standard InChI is InChI=1S/C14H23ClN4O/c1-4-7-19-12(11(15)10-17-19)13(20)14(2,3)18-8-5-16-6-9-18/h10,16H,4-9H2,1-3H3. The molecule has 0 radical (unpaired) electrons. The van der Waals surface area contributed by atoms with Crippen molar-refractivity contribution in [3.8, 4) is 0 Å². The Kier molecular flexibility index (Phi) is 4.83. The number of ketones is 1. The first-order valence-electron chi connectivity index (χ1n) is 7.20. The summed E-state index contributed by atoms with van der Waals surface area (Å²) >= 11 is 6.19. The van der Waals surface area contributed by atoms with Crippen LogP contribution in [0.15, 0.2) is 6.20 Å². The number of rotatable bonds is 5. The van der Waals surface area contributed by atoms with Gasteiger partial charge in [0.2, 0.25) is 5.78 Å². The van der Waals surface area contributed by atoms with E-state index in [1.165, 1.54) is 0 Å². The Morgan fingerprint density at radius 2 is 2.10 bits per heavy atom. The first-order chi connectivity index (χ1) is 9.48. The molecule has 1 aromatic rings. The fourth-order valence-electron chi connectivity index (χ4n) is 2.63. The van der Waals surface area contributed by atoms with Crippen LogP contribution in [0.2, 0.25) is 5.02 Å². The highest BCUT2D eigenvalue weighted by Crippen LogP contribution is 2.25. The molecule has 1 N–H and O–H groups in total. The Morgan fingerprint density at radius 3 is 2.70 bits per heavy atom. The summed E-state index contributed by atoms with van der Waals surface area (Å²) in [5, 5.41) is 7.98. The van der Waals surface area contributed by atoms with Crippen LogP contribution in [0, 0.1) is 0 Å². The van der Waals surface area contributed by atoms with E-state index in [9.17, 15) is 4.79 Å². The van der Waals surface area contributed by atoms with Crippen LogP contribution < -0.4 is 5.32 Å². The van der Waals surface area contributed by atoms with Gasteiger partial charge in [0.15, 0.2) is 0 Å². The van der Waals surface area contributed by atoms with E-state index < -0.39 is 5.54 Å². The molecule has 0 unspecified atom stereocenters. The Bertz CT molecular complexity index is 478. The number of hydrogen-bond donors (Lipinski definition) is 1. The predicted molar refractivity (Wildman–Crippen MR) is 80.4 cm³/mol. The molecule has 0 spiro atoms. The molecule has 6 heteroatoms. The summed E-state index contributed by atoms with van der Waals surface area (Å²) in [5.74, 6) is 0.0513. The molecule has 2 rings (SSSR count). The lowest BCUT2D eigenvalue weighted by atomic mass is 9.93. The highest BCUT2D eigenvalue weighted by atomic mass is 35.5. The number of piperazine rings is 1. The molecule has 1 saturated heterocycles. The number of nitrogens with zero attached hydrogens (tertiary/aromatic N) is 3. The molecule has 0 bridgehead atoms. The van der Waals surface area contributed by atoms with Gasteiger partial charge in [0, 0.05) is 32.7 Å². The maximum absolute atomic E-state index is 12.9. The van der Waals surface area contributed by atoms with Crippen LogP contribution in [-0.4, -0.2) is 52.2 Å². The number of Topliss-reactive ketones (excluding diaryl/α,β-unsaturated/α-hetero) is 1. The average Bonchev–Trinajstić information content (AvgIpc) is 2.80. The number of nitrogens with one attached hydrogen (secondary N) is 1. The van der Waals surface area contributed by atoms with Gasteiger partial charge in [-0.05, 0) is 20.3 Å². The van der Waals surface area contributed by atoms with E-state index in [0.717, 1.165) is 32.6 Å².